The van der Waals surface area contributed by atoms with E-state index >= 15 is 0 Å². The number of carboxylic acids is 1. The molecule has 1 aromatic heterocycles. The number of nitrogens with zero attached hydrogens (tertiary/aromatic N) is 3. The summed E-state index contributed by atoms with van der Waals surface area (Å²) in [5.41, 5.74) is 8.75. The Hall–Kier alpha value is -3.00. The van der Waals surface area contributed by atoms with E-state index in [2.05, 4.69) is 15.2 Å². The molecule has 9 heteroatoms. The minimum Gasteiger partial charge on any atom is -0.480 e. The van der Waals surface area contributed by atoms with Crippen LogP contribution in [0.1, 0.15) is 17.2 Å². The standard InChI is InChI=1S/C19H22ClN5O3/c1-12-2-4-13(5-3-12)16-11-24(19(28)23-10-17(26)27)6-7-25(16)18-15(21)8-14(20)9-22-18/h2-5,8-9,16H,6-7,10-11,21H2,1H3,(H,23,28)(H,26,27). The zero-order chi connectivity index (χ0) is 20.3. The number of carbonyl (C=O) groups is 2. The third kappa shape index (κ3) is 4.45. The molecule has 2 amide bonds. The van der Waals surface area contributed by atoms with Crippen LogP contribution in [0.2, 0.25) is 5.02 Å². The number of halogens is 1. The maximum atomic E-state index is 12.4. The number of aliphatic carboxylic acids is 1. The van der Waals surface area contributed by atoms with E-state index in [1.54, 1.807) is 17.2 Å². The van der Waals surface area contributed by atoms with Gasteiger partial charge in [0, 0.05) is 25.8 Å². The van der Waals surface area contributed by atoms with Gasteiger partial charge in [0.2, 0.25) is 0 Å². The van der Waals surface area contributed by atoms with Crippen molar-refractivity contribution in [3.05, 3.63) is 52.7 Å². The second kappa shape index (κ2) is 8.35. The third-order valence-electron chi connectivity index (χ3n) is 4.65. The van der Waals surface area contributed by atoms with Crippen LogP contribution in [0.25, 0.3) is 0 Å². The van der Waals surface area contributed by atoms with E-state index in [1.807, 2.05) is 31.2 Å². The van der Waals surface area contributed by atoms with E-state index in [0.29, 0.717) is 36.2 Å². The fourth-order valence-electron chi connectivity index (χ4n) is 3.25. The lowest BCUT2D eigenvalue weighted by molar-refractivity contribution is -0.135. The highest BCUT2D eigenvalue weighted by atomic mass is 35.5. The summed E-state index contributed by atoms with van der Waals surface area (Å²) in [5.74, 6) is -0.472. The van der Waals surface area contributed by atoms with Gasteiger partial charge >= 0.3 is 12.0 Å². The Labute approximate surface area is 167 Å². The van der Waals surface area contributed by atoms with Gasteiger partial charge in [0.25, 0.3) is 0 Å². The molecule has 1 unspecified atom stereocenters. The summed E-state index contributed by atoms with van der Waals surface area (Å²) < 4.78 is 0. The topological polar surface area (TPSA) is 112 Å². The average Bonchev–Trinajstić information content (AvgIpc) is 2.66. The predicted molar refractivity (Wildman–Crippen MR) is 108 cm³/mol. The number of nitrogens with two attached hydrogens (primary N) is 1. The minimum atomic E-state index is -1.08. The molecule has 0 radical (unpaired) electrons. The molecular weight excluding hydrogens is 382 g/mol. The summed E-state index contributed by atoms with van der Waals surface area (Å²) in [5, 5.41) is 11.7. The van der Waals surface area contributed by atoms with E-state index in [4.69, 9.17) is 22.4 Å². The molecule has 1 atom stereocenters. The maximum absolute atomic E-state index is 12.4. The van der Waals surface area contributed by atoms with Crippen molar-refractivity contribution < 1.29 is 14.7 Å². The first-order chi connectivity index (χ1) is 13.3. The normalized spacial score (nSPS) is 16.7. The number of benzene rings is 1. The number of carboxylic acid groups (broad SMARTS) is 1. The Bertz CT molecular complexity index is 874. The summed E-state index contributed by atoms with van der Waals surface area (Å²) >= 11 is 5.98. The highest BCUT2D eigenvalue weighted by molar-refractivity contribution is 6.30. The molecule has 0 saturated carbocycles. The lowest BCUT2D eigenvalue weighted by atomic mass is 10.0. The van der Waals surface area contributed by atoms with Gasteiger partial charge in [0.15, 0.2) is 5.82 Å². The minimum absolute atomic E-state index is 0.180. The van der Waals surface area contributed by atoms with Gasteiger partial charge in [-0.2, -0.15) is 0 Å². The molecule has 8 nitrogen and oxygen atoms in total. The van der Waals surface area contributed by atoms with Crippen molar-refractivity contribution in [3.8, 4) is 0 Å². The molecule has 1 saturated heterocycles. The molecule has 0 aliphatic carbocycles. The molecule has 0 spiro atoms. The van der Waals surface area contributed by atoms with Crippen LogP contribution in [-0.2, 0) is 4.79 Å². The number of urea groups is 1. The number of nitrogens with one attached hydrogen (secondary N) is 1. The third-order valence-corrected chi connectivity index (χ3v) is 4.86. The molecule has 0 bridgehead atoms. The average molecular weight is 404 g/mol. The van der Waals surface area contributed by atoms with Crippen molar-refractivity contribution in [1.29, 1.82) is 0 Å². The van der Waals surface area contributed by atoms with E-state index in [0.717, 1.165) is 11.1 Å². The van der Waals surface area contributed by atoms with Gasteiger partial charge in [-0.3, -0.25) is 4.79 Å². The first-order valence-corrected chi connectivity index (χ1v) is 9.21. The van der Waals surface area contributed by atoms with E-state index in [9.17, 15) is 9.59 Å². The molecule has 148 valence electrons. The Morgan fingerprint density at radius 1 is 1.32 bits per heavy atom. The zero-order valence-electron chi connectivity index (χ0n) is 15.4. The van der Waals surface area contributed by atoms with E-state index in [1.165, 1.54) is 0 Å². The molecule has 1 aromatic carbocycles. The van der Waals surface area contributed by atoms with Gasteiger partial charge in [0.05, 0.1) is 16.8 Å². The molecular formula is C19H22ClN5O3. The summed E-state index contributed by atoms with van der Waals surface area (Å²) in [7, 11) is 0. The van der Waals surface area contributed by atoms with Crippen molar-refractivity contribution in [3.63, 3.8) is 0 Å². The van der Waals surface area contributed by atoms with Gasteiger partial charge in [-0.25, -0.2) is 9.78 Å². The Morgan fingerprint density at radius 2 is 2.04 bits per heavy atom. The molecule has 1 aliphatic heterocycles. The molecule has 2 heterocycles. The zero-order valence-corrected chi connectivity index (χ0v) is 16.2. The lowest BCUT2D eigenvalue weighted by Crippen LogP contribution is -2.54. The van der Waals surface area contributed by atoms with Crippen LogP contribution in [0.15, 0.2) is 36.5 Å². The van der Waals surface area contributed by atoms with E-state index in [-0.39, 0.29) is 6.04 Å². The Morgan fingerprint density at radius 3 is 2.68 bits per heavy atom. The summed E-state index contributed by atoms with van der Waals surface area (Å²) in [6.07, 6.45) is 1.55. The largest absolute Gasteiger partial charge is 0.480 e. The van der Waals surface area contributed by atoms with Crippen LogP contribution in [-0.4, -0.2) is 53.2 Å². The first-order valence-electron chi connectivity index (χ1n) is 8.84. The summed E-state index contributed by atoms with van der Waals surface area (Å²) in [6, 6.07) is 9.11. The van der Waals surface area contributed by atoms with E-state index < -0.39 is 18.5 Å². The summed E-state index contributed by atoms with van der Waals surface area (Å²) in [6.45, 7) is 2.88. The number of anilines is 2. The first kappa shape index (κ1) is 19.8. The number of aromatic nitrogens is 1. The lowest BCUT2D eigenvalue weighted by Gasteiger charge is -2.42. The van der Waals surface area contributed by atoms with Crippen LogP contribution < -0.4 is 16.0 Å². The number of nitrogen functional groups attached to an aromatic ring is 1. The number of aryl methyl sites for hydroxylation is 1. The van der Waals surface area contributed by atoms with Crippen molar-refractivity contribution >= 4 is 35.1 Å². The number of rotatable bonds is 4. The number of pyridine rings is 1. The van der Waals surface area contributed by atoms with Crippen molar-refractivity contribution in [2.45, 2.75) is 13.0 Å². The molecule has 3 rings (SSSR count). The monoisotopic (exact) mass is 403 g/mol. The highest BCUT2D eigenvalue weighted by Gasteiger charge is 2.32. The fraction of sp³-hybridized carbons (Fsp3) is 0.316. The second-order valence-corrected chi connectivity index (χ2v) is 7.12. The molecule has 1 fully saturated rings. The second-order valence-electron chi connectivity index (χ2n) is 6.68. The van der Waals surface area contributed by atoms with Gasteiger partial charge in [-0.15, -0.1) is 0 Å². The predicted octanol–water partition coefficient (Wildman–Crippen LogP) is 2.28. The number of carbonyl (C=O) groups excluding carboxylic acids is 1. The van der Waals surface area contributed by atoms with Gasteiger partial charge in [-0.1, -0.05) is 41.4 Å². The van der Waals surface area contributed by atoms with Crippen LogP contribution in [0, 0.1) is 6.92 Å². The molecule has 28 heavy (non-hydrogen) atoms. The van der Waals surface area contributed by atoms with Crippen molar-refractivity contribution in [2.24, 2.45) is 0 Å². The van der Waals surface area contributed by atoms with Crippen LogP contribution in [0.4, 0.5) is 16.3 Å². The number of amides is 2. The van der Waals surface area contributed by atoms with Crippen LogP contribution >= 0.6 is 11.6 Å². The summed E-state index contributed by atoms with van der Waals surface area (Å²) in [4.78, 5) is 31.2. The number of piperazine rings is 1. The Kier molecular flexibility index (Phi) is 5.89. The number of hydrogen-bond acceptors (Lipinski definition) is 5. The SMILES string of the molecule is Cc1ccc(C2CN(C(=O)NCC(=O)O)CCN2c2ncc(Cl)cc2N)cc1. The molecule has 1 aliphatic rings. The fourth-order valence-corrected chi connectivity index (χ4v) is 3.41. The Balaban J connectivity index is 1.88. The van der Waals surface area contributed by atoms with Gasteiger partial charge < -0.3 is 26.0 Å². The van der Waals surface area contributed by atoms with Gasteiger partial charge in [0.1, 0.15) is 6.54 Å². The van der Waals surface area contributed by atoms with Crippen LogP contribution in [0.3, 0.4) is 0 Å². The van der Waals surface area contributed by atoms with Gasteiger partial charge in [-0.05, 0) is 18.6 Å². The van der Waals surface area contributed by atoms with Crippen LogP contribution in [0.5, 0.6) is 0 Å². The van der Waals surface area contributed by atoms with Crippen molar-refractivity contribution in [1.82, 2.24) is 15.2 Å². The smallest absolute Gasteiger partial charge is 0.323 e. The molecule has 4 N–H and O–H groups in total. The quantitative estimate of drug-likeness (QED) is 0.722. The number of hydrogen-bond donors (Lipinski definition) is 3. The van der Waals surface area contributed by atoms with Crippen molar-refractivity contribution in [2.75, 3.05) is 36.8 Å². The molecule has 2 aromatic rings. The maximum Gasteiger partial charge on any atom is 0.323 e. The highest BCUT2D eigenvalue weighted by Crippen LogP contribution is 2.33.